The van der Waals surface area contributed by atoms with Crippen LogP contribution in [-0.2, 0) is 11.3 Å². The maximum absolute atomic E-state index is 12.0. The Bertz CT molecular complexity index is 665. The highest BCUT2D eigenvalue weighted by atomic mass is 16.4. The lowest BCUT2D eigenvalue weighted by Gasteiger charge is -2.21. The van der Waals surface area contributed by atoms with Crippen LogP contribution in [-0.4, -0.2) is 27.1 Å². The minimum atomic E-state index is -1.04. The van der Waals surface area contributed by atoms with Crippen molar-refractivity contribution in [1.82, 2.24) is 9.88 Å². The fraction of sp³-hybridized carbons (Fsp3) is 0.333. The first-order valence-corrected chi connectivity index (χ1v) is 6.40. The second-order valence-electron chi connectivity index (χ2n) is 5.78. The van der Waals surface area contributed by atoms with Gasteiger partial charge < -0.3 is 15.0 Å². The molecule has 0 bridgehead atoms. The van der Waals surface area contributed by atoms with E-state index in [1.807, 2.05) is 45.0 Å². The number of fused-ring (bicyclic) bond motifs is 1. The number of amides is 1. The summed E-state index contributed by atoms with van der Waals surface area (Å²) >= 11 is 0. The molecule has 2 N–H and O–H groups in total. The lowest BCUT2D eigenvalue weighted by molar-refractivity contribution is -0.123. The number of nitrogens with zero attached hydrogens (tertiary/aromatic N) is 1. The summed E-state index contributed by atoms with van der Waals surface area (Å²) in [5, 5.41) is 12.9. The number of aromatic carboxylic acids is 1. The van der Waals surface area contributed by atoms with Gasteiger partial charge in [-0.3, -0.25) is 4.79 Å². The molecule has 0 atom stereocenters. The van der Waals surface area contributed by atoms with Crippen molar-refractivity contribution in [3.63, 3.8) is 0 Å². The number of benzene rings is 1. The van der Waals surface area contributed by atoms with Gasteiger partial charge in [-0.05, 0) is 32.9 Å². The van der Waals surface area contributed by atoms with Gasteiger partial charge in [0.1, 0.15) is 12.2 Å². The number of carbonyl (C=O) groups is 2. The van der Waals surface area contributed by atoms with E-state index >= 15 is 0 Å². The second-order valence-corrected chi connectivity index (χ2v) is 5.78. The fourth-order valence-electron chi connectivity index (χ4n) is 2.16. The van der Waals surface area contributed by atoms with Crippen LogP contribution in [0.5, 0.6) is 0 Å². The summed E-state index contributed by atoms with van der Waals surface area (Å²) in [5.74, 6) is -1.24. The minimum Gasteiger partial charge on any atom is -0.477 e. The van der Waals surface area contributed by atoms with Crippen molar-refractivity contribution in [3.05, 3.63) is 36.0 Å². The van der Waals surface area contributed by atoms with E-state index in [4.69, 9.17) is 0 Å². The highest BCUT2D eigenvalue weighted by molar-refractivity contribution is 5.95. The van der Waals surface area contributed by atoms with E-state index in [9.17, 15) is 14.7 Å². The highest BCUT2D eigenvalue weighted by Gasteiger charge is 2.19. The van der Waals surface area contributed by atoms with Crippen LogP contribution in [0.1, 0.15) is 31.3 Å². The van der Waals surface area contributed by atoms with Gasteiger partial charge in [0, 0.05) is 16.4 Å². The van der Waals surface area contributed by atoms with Crippen LogP contribution in [0.4, 0.5) is 0 Å². The summed E-state index contributed by atoms with van der Waals surface area (Å²) < 4.78 is 1.53. The summed E-state index contributed by atoms with van der Waals surface area (Å²) in [6.45, 7) is 5.65. The molecular weight excluding hydrogens is 256 g/mol. The molecule has 0 unspecified atom stereocenters. The van der Waals surface area contributed by atoms with Gasteiger partial charge in [-0.1, -0.05) is 18.2 Å². The molecule has 0 saturated heterocycles. The number of hydrogen-bond acceptors (Lipinski definition) is 2. The Balaban J connectivity index is 2.39. The Morgan fingerprint density at radius 3 is 2.50 bits per heavy atom. The molecule has 1 aromatic heterocycles. The number of rotatable bonds is 3. The third-order valence-electron chi connectivity index (χ3n) is 2.85. The number of carboxylic acids is 1. The van der Waals surface area contributed by atoms with Crippen molar-refractivity contribution in [3.8, 4) is 0 Å². The molecule has 0 saturated carbocycles. The molecule has 2 rings (SSSR count). The first-order chi connectivity index (χ1) is 9.28. The van der Waals surface area contributed by atoms with Crippen LogP contribution in [0.3, 0.4) is 0 Å². The summed E-state index contributed by atoms with van der Waals surface area (Å²) in [6.07, 6.45) is 0. The Morgan fingerprint density at radius 2 is 1.90 bits per heavy atom. The minimum absolute atomic E-state index is 0.00752. The Kier molecular flexibility index (Phi) is 3.53. The van der Waals surface area contributed by atoms with Gasteiger partial charge in [-0.2, -0.15) is 0 Å². The van der Waals surface area contributed by atoms with E-state index in [0.29, 0.717) is 0 Å². The Hall–Kier alpha value is -2.30. The monoisotopic (exact) mass is 274 g/mol. The molecule has 2 aromatic rings. The molecule has 1 heterocycles. The number of hydrogen-bond donors (Lipinski definition) is 2. The van der Waals surface area contributed by atoms with Crippen LogP contribution in [0, 0.1) is 0 Å². The van der Waals surface area contributed by atoms with E-state index in [1.54, 1.807) is 6.07 Å². The number of aromatic nitrogens is 1. The van der Waals surface area contributed by atoms with E-state index in [2.05, 4.69) is 5.32 Å². The van der Waals surface area contributed by atoms with Crippen molar-refractivity contribution in [2.24, 2.45) is 0 Å². The number of carboxylic acid groups (broad SMARTS) is 1. The average molecular weight is 274 g/mol. The zero-order valence-electron chi connectivity index (χ0n) is 11.8. The molecule has 0 fully saturated rings. The second kappa shape index (κ2) is 5.00. The van der Waals surface area contributed by atoms with E-state index in [1.165, 1.54) is 4.57 Å². The van der Waals surface area contributed by atoms with Gasteiger partial charge in [-0.25, -0.2) is 4.79 Å². The smallest absolute Gasteiger partial charge is 0.352 e. The van der Waals surface area contributed by atoms with Gasteiger partial charge in [0.2, 0.25) is 5.91 Å². The average Bonchev–Trinajstić information content (AvgIpc) is 2.66. The van der Waals surface area contributed by atoms with E-state index < -0.39 is 5.97 Å². The molecular formula is C15H18N2O3. The van der Waals surface area contributed by atoms with Crippen molar-refractivity contribution in [2.75, 3.05) is 0 Å². The molecule has 0 aliphatic carbocycles. The van der Waals surface area contributed by atoms with Crippen LogP contribution in [0.15, 0.2) is 30.3 Å². The van der Waals surface area contributed by atoms with Gasteiger partial charge in [0.25, 0.3) is 0 Å². The largest absolute Gasteiger partial charge is 0.477 e. The molecule has 0 radical (unpaired) electrons. The zero-order chi connectivity index (χ0) is 14.9. The molecule has 106 valence electrons. The summed E-state index contributed by atoms with van der Waals surface area (Å²) in [6, 6.07) is 8.90. The summed E-state index contributed by atoms with van der Waals surface area (Å²) in [7, 11) is 0. The lowest BCUT2D eigenvalue weighted by atomic mass is 10.1. The SMILES string of the molecule is CC(C)(C)NC(=O)Cn1c(C(=O)O)cc2ccccc21. The predicted molar refractivity (Wildman–Crippen MR) is 76.8 cm³/mol. The van der Waals surface area contributed by atoms with E-state index in [-0.39, 0.29) is 23.7 Å². The Labute approximate surface area is 117 Å². The number of nitrogens with one attached hydrogen (secondary N) is 1. The van der Waals surface area contributed by atoms with Crippen molar-refractivity contribution in [1.29, 1.82) is 0 Å². The first-order valence-electron chi connectivity index (χ1n) is 6.40. The fourth-order valence-corrected chi connectivity index (χ4v) is 2.16. The molecule has 1 aromatic carbocycles. The normalized spacial score (nSPS) is 11.6. The predicted octanol–water partition coefficient (Wildman–Crippen LogP) is 2.25. The maximum atomic E-state index is 12.0. The highest BCUT2D eigenvalue weighted by Crippen LogP contribution is 2.20. The summed E-state index contributed by atoms with van der Waals surface area (Å²) in [5.41, 5.74) is 0.521. The van der Waals surface area contributed by atoms with Gasteiger partial charge >= 0.3 is 5.97 Å². The number of carbonyl (C=O) groups excluding carboxylic acids is 1. The molecule has 5 heteroatoms. The standard InChI is InChI=1S/C15H18N2O3/c1-15(2,3)16-13(18)9-17-11-7-5-4-6-10(11)8-12(17)14(19)20/h4-8H,9H2,1-3H3,(H,16,18)(H,19,20). The third kappa shape index (κ3) is 2.99. The van der Waals surface area contributed by atoms with Crippen molar-refractivity contribution in [2.45, 2.75) is 32.9 Å². The first kappa shape index (κ1) is 14.1. The zero-order valence-corrected chi connectivity index (χ0v) is 11.8. The van der Waals surface area contributed by atoms with Crippen molar-refractivity contribution >= 4 is 22.8 Å². The van der Waals surface area contributed by atoms with Crippen LogP contribution in [0.2, 0.25) is 0 Å². The van der Waals surface area contributed by atoms with Gasteiger partial charge in [0.15, 0.2) is 0 Å². The molecule has 1 amide bonds. The summed E-state index contributed by atoms with van der Waals surface area (Å²) in [4.78, 5) is 23.3. The molecule has 0 aliphatic rings. The molecule has 5 nitrogen and oxygen atoms in total. The van der Waals surface area contributed by atoms with Gasteiger partial charge in [-0.15, -0.1) is 0 Å². The van der Waals surface area contributed by atoms with Crippen LogP contribution < -0.4 is 5.32 Å². The van der Waals surface area contributed by atoms with Crippen molar-refractivity contribution < 1.29 is 14.7 Å². The van der Waals surface area contributed by atoms with Crippen LogP contribution in [0.25, 0.3) is 10.9 Å². The maximum Gasteiger partial charge on any atom is 0.352 e. The van der Waals surface area contributed by atoms with Gasteiger partial charge in [0.05, 0.1) is 0 Å². The molecule has 0 aliphatic heterocycles. The Morgan fingerprint density at radius 1 is 1.25 bits per heavy atom. The topological polar surface area (TPSA) is 71.3 Å². The lowest BCUT2D eigenvalue weighted by Crippen LogP contribution is -2.42. The third-order valence-corrected chi connectivity index (χ3v) is 2.85. The molecule has 20 heavy (non-hydrogen) atoms. The molecule has 0 spiro atoms. The van der Waals surface area contributed by atoms with E-state index in [0.717, 1.165) is 10.9 Å². The quantitative estimate of drug-likeness (QED) is 0.901. The van der Waals surface area contributed by atoms with Crippen LogP contribution >= 0.6 is 0 Å². The number of para-hydroxylation sites is 1.